The molecule has 0 aliphatic rings. The molecule has 11 heavy (non-hydrogen) atoms. The first-order chi connectivity index (χ1) is 4.83. The number of hydrogen-bond donors (Lipinski definition) is 0. The van der Waals surface area contributed by atoms with Crippen LogP contribution in [0, 0.1) is 13.8 Å². The van der Waals surface area contributed by atoms with Gasteiger partial charge in [0, 0.05) is 0 Å². The Hall–Kier alpha value is 0.883. The number of rotatable bonds is 4. The average molecular weight is 234 g/mol. The van der Waals surface area contributed by atoms with Crippen molar-refractivity contribution in [3.05, 3.63) is 13.8 Å². The van der Waals surface area contributed by atoms with Crippen molar-refractivity contribution in [1.82, 2.24) is 0 Å². The third-order valence-corrected chi connectivity index (χ3v) is 1.21. The fraction of sp³-hybridized carbons (Fsp3) is 0.800. The minimum atomic E-state index is 0. The van der Waals surface area contributed by atoms with Crippen LogP contribution < -0.4 is 0 Å². The Labute approximate surface area is 92.3 Å². The third kappa shape index (κ3) is 36.0. The minimum absolute atomic E-state index is 0. The van der Waals surface area contributed by atoms with Gasteiger partial charge in [-0.05, 0) is 0 Å². The molecule has 0 N–H and O–H groups in total. The van der Waals surface area contributed by atoms with Crippen molar-refractivity contribution >= 4 is 0 Å². The molecule has 0 aromatic rings. The van der Waals surface area contributed by atoms with E-state index in [1.807, 2.05) is 0 Å². The van der Waals surface area contributed by atoms with Gasteiger partial charge >= 0.3 is 26.2 Å². The van der Waals surface area contributed by atoms with Crippen molar-refractivity contribution in [2.24, 2.45) is 0 Å². The molecule has 0 aromatic heterocycles. The molecule has 0 atom stereocenters. The zero-order chi connectivity index (χ0) is 8.24. The molecule has 0 fully saturated rings. The average Bonchev–Trinajstić information content (AvgIpc) is 1.93. The first-order valence-electron chi connectivity index (χ1n) is 4.41. The van der Waals surface area contributed by atoms with E-state index < -0.39 is 0 Å². The summed E-state index contributed by atoms with van der Waals surface area (Å²) in [5, 5.41) is 0. The summed E-state index contributed by atoms with van der Waals surface area (Å²) in [7, 11) is 0. The predicted molar refractivity (Wildman–Crippen MR) is 49.8 cm³/mol. The van der Waals surface area contributed by atoms with Gasteiger partial charge in [0.25, 0.3) is 0 Å². The fourth-order valence-corrected chi connectivity index (χ4v) is 0.500. The molecule has 0 aromatic carbocycles. The van der Waals surface area contributed by atoms with Crippen molar-refractivity contribution in [3.63, 3.8) is 0 Å². The van der Waals surface area contributed by atoms with Gasteiger partial charge in [0.1, 0.15) is 0 Å². The van der Waals surface area contributed by atoms with Gasteiger partial charge in [-0.3, -0.25) is 0 Å². The minimum Gasteiger partial charge on any atom is -0.343 e. The molecule has 0 saturated carbocycles. The van der Waals surface area contributed by atoms with Gasteiger partial charge < -0.3 is 13.8 Å². The first-order valence-corrected chi connectivity index (χ1v) is 4.41. The van der Waals surface area contributed by atoms with Crippen LogP contribution in [-0.2, 0) is 26.2 Å². The summed E-state index contributed by atoms with van der Waals surface area (Å²) in [4.78, 5) is 0. The molecule has 0 spiro atoms. The van der Waals surface area contributed by atoms with Crippen LogP contribution in [0.15, 0.2) is 0 Å². The molecule has 0 rings (SSSR count). The molecule has 0 heterocycles. The SMILES string of the molecule is [CH2-]CCCC.[CH2-]CCCC.[Zr+2]. The quantitative estimate of drug-likeness (QED) is 0.644. The van der Waals surface area contributed by atoms with Crippen LogP contribution in [0.2, 0.25) is 0 Å². The second kappa shape index (κ2) is 22.4. The summed E-state index contributed by atoms with van der Waals surface area (Å²) in [5.41, 5.74) is 0. The summed E-state index contributed by atoms with van der Waals surface area (Å²) >= 11 is 0. The second-order valence-corrected chi connectivity index (χ2v) is 2.41. The van der Waals surface area contributed by atoms with E-state index >= 15 is 0 Å². The molecule has 0 radical (unpaired) electrons. The van der Waals surface area contributed by atoms with Crippen LogP contribution >= 0.6 is 0 Å². The molecule has 0 saturated heterocycles. The summed E-state index contributed by atoms with van der Waals surface area (Å²) in [6.45, 7) is 11.7. The van der Waals surface area contributed by atoms with E-state index in [2.05, 4.69) is 27.7 Å². The van der Waals surface area contributed by atoms with Crippen LogP contribution in [0.1, 0.15) is 52.4 Å². The van der Waals surface area contributed by atoms with Crippen LogP contribution in [-0.4, -0.2) is 0 Å². The van der Waals surface area contributed by atoms with Gasteiger partial charge in [-0.2, -0.15) is 12.8 Å². The Morgan fingerprint density at radius 2 is 1.09 bits per heavy atom. The van der Waals surface area contributed by atoms with Crippen molar-refractivity contribution in [3.8, 4) is 0 Å². The Kier molecular flexibility index (Phi) is 36.4. The van der Waals surface area contributed by atoms with Gasteiger partial charge in [0.2, 0.25) is 0 Å². The van der Waals surface area contributed by atoms with Crippen molar-refractivity contribution < 1.29 is 26.2 Å². The molecule has 0 bridgehead atoms. The number of unbranched alkanes of at least 4 members (excludes halogenated alkanes) is 4. The Morgan fingerprint density at radius 3 is 1.09 bits per heavy atom. The van der Waals surface area contributed by atoms with E-state index in [-0.39, 0.29) is 26.2 Å². The molecule has 0 aliphatic carbocycles. The largest absolute Gasteiger partial charge is 2.00 e. The molecular weight excluding hydrogens is 211 g/mol. The van der Waals surface area contributed by atoms with Crippen molar-refractivity contribution in [2.45, 2.75) is 52.4 Å². The van der Waals surface area contributed by atoms with Crippen molar-refractivity contribution in [2.75, 3.05) is 0 Å². The zero-order valence-electron chi connectivity index (χ0n) is 8.16. The maximum absolute atomic E-state index is 3.68. The van der Waals surface area contributed by atoms with Crippen LogP contribution in [0.4, 0.5) is 0 Å². The van der Waals surface area contributed by atoms with Gasteiger partial charge in [-0.25, -0.2) is 0 Å². The molecule has 0 aliphatic heterocycles. The second-order valence-electron chi connectivity index (χ2n) is 2.41. The van der Waals surface area contributed by atoms with Gasteiger partial charge in [0.05, 0.1) is 0 Å². The van der Waals surface area contributed by atoms with Gasteiger partial charge in [-0.1, -0.05) is 39.5 Å². The monoisotopic (exact) mass is 232 g/mol. The molecule has 0 amide bonds. The third-order valence-electron chi connectivity index (χ3n) is 1.21. The van der Waals surface area contributed by atoms with Crippen LogP contribution in [0.5, 0.6) is 0 Å². The molecule has 1 heteroatoms. The normalized spacial score (nSPS) is 7.64. The van der Waals surface area contributed by atoms with Crippen LogP contribution in [0.25, 0.3) is 0 Å². The van der Waals surface area contributed by atoms with E-state index in [9.17, 15) is 0 Å². The van der Waals surface area contributed by atoms with E-state index in [1.165, 1.54) is 25.7 Å². The number of hydrogen-bond acceptors (Lipinski definition) is 0. The van der Waals surface area contributed by atoms with Gasteiger partial charge in [0.15, 0.2) is 0 Å². The summed E-state index contributed by atoms with van der Waals surface area (Å²) in [6, 6.07) is 0. The van der Waals surface area contributed by atoms with E-state index in [1.54, 1.807) is 0 Å². The maximum Gasteiger partial charge on any atom is 2.00 e. The van der Waals surface area contributed by atoms with Gasteiger partial charge in [-0.15, -0.1) is 0 Å². The molecule has 66 valence electrons. The maximum atomic E-state index is 3.68. The van der Waals surface area contributed by atoms with Crippen LogP contribution in [0.3, 0.4) is 0 Å². The molecular formula is C10H22Zr. The van der Waals surface area contributed by atoms with E-state index in [0.29, 0.717) is 0 Å². The molecule has 0 nitrogen and oxygen atoms in total. The summed E-state index contributed by atoms with van der Waals surface area (Å²) in [5.74, 6) is 0. The predicted octanol–water partition coefficient (Wildman–Crippen LogP) is 4.02. The van der Waals surface area contributed by atoms with Crippen molar-refractivity contribution in [1.29, 1.82) is 0 Å². The Morgan fingerprint density at radius 1 is 0.818 bits per heavy atom. The zero-order valence-corrected chi connectivity index (χ0v) is 10.6. The smallest absolute Gasteiger partial charge is 0.343 e. The van der Waals surface area contributed by atoms with E-state index in [4.69, 9.17) is 0 Å². The molecule has 0 unspecified atom stereocenters. The Bertz CT molecular complexity index is 25.9. The first kappa shape index (κ1) is 17.8. The fourth-order valence-electron chi connectivity index (χ4n) is 0.500. The van der Waals surface area contributed by atoms with E-state index in [0.717, 1.165) is 12.8 Å². The standard InChI is InChI=1S/2C5H11.Zr/c2*1-3-5-4-2;/h2*1,3-5H2,2H3;/q2*-1;+2. The summed E-state index contributed by atoms with van der Waals surface area (Å²) in [6.07, 6.45) is 7.31. The summed E-state index contributed by atoms with van der Waals surface area (Å²) < 4.78 is 0. The topological polar surface area (TPSA) is 0 Å². The Balaban J connectivity index is -0.000000107.